The molecule has 5 nitrogen and oxygen atoms in total. The molecule has 140 valence electrons. The van der Waals surface area contributed by atoms with Gasteiger partial charge in [0.05, 0.1) is 11.6 Å². The smallest absolute Gasteiger partial charge is 0.228 e. The Hall–Kier alpha value is -2.89. The highest BCUT2D eigenvalue weighted by Gasteiger charge is 2.38. The van der Waals surface area contributed by atoms with Crippen molar-refractivity contribution in [1.82, 2.24) is 4.90 Å². The Bertz CT molecular complexity index is 834. The Labute approximate surface area is 158 Å². The number of piperazine rings is 1. The number of para-hydroxylation sites is 2. The summed E-state index contributed by atoms with van der Waals surface area (Å²) in [6, 6.07) is 16.3. The van der Waals surface area contributed by atoms with E-state index in [1.54, 1.807) is 18.2 Å². The normalized spacial score (nSPS) is 20.3. The van der Waals surface area contributed by atoms with Crippen LogP contribution in [0.5, 0.6) is 0 Å². The van der Waals surface area contributed by atoms with Gasteiger partial charge in [0, 0.05) is 44.8 Å². The number of hydrogen-bond acceptors (Lipinski definition) is 3. The highest BCUT2D eigenvalue weighted by molar-refractivity contribution is 6.00. The summed E-state index contributed by atoms with van der Waals surface area (Å²) in [5.74, 6) is -1.04. The van der Waals surface area contributed by atoms with Gasteiger partial charge >= 0.3 is 0 Å². The van der Waals surface area contributed by atoms with E-state index in [1.165, 1.54) is 11.0 Å². The quantitative estimate of drug-likeness (QED) is 0.837. The molecule has 2 heterocycles. The SMILES string of the molecule is O=C([C@H]1CC(=O)N(c2ccccc2F)C1)N1CCN(c2ccccc2)CC1. The molecule has 2 aliphatic heterocycles. The maximum atomic E-state index is 14.0. The fourth-order valence-electron chi connectivity index (χ4n) is 3.86. The molecule has 27 heavy (non-hydrogen) atoms. The van der Waals surface area contributed by atoms with Gasteiger partial charge in [0.1, 0.15) is 5.82 Å². The number of nitrogens with zero attached hydrogens (tertiary/aromatic N) is 3. The molecular formula is C21H22FN3O2. The predicted molar refractivity (Wildman–Crippen MR) is 102 cm³/mol. The van der Waals surface area contributed by atoms with Crippen molar-refractivity contribution in [3.05, 3.63) is 60.4 Å². The topological polar surface area (TPSA) is 43.9 Å². The third-order valence-corrected chi connectivity index (χ3v) is 5.33. The van der Waals surface area contributed by atoms with Crippen molar-refractivity contribution in [2.75, 3.05) is 42.5 Å². The fourth-order valence-corrected chi connectivity index (χ4v) is 3.86. The molecule has 0 aromatic heterocycles. The van der Waals surface area contributed by atoms with E-state index in [0.29, 0.717) is 13.1 Å². The van der Waals surface area contributed by atoms with Gasteiger partial charge in [-0.15, -0.1) is 0 Å². The molecule has 2 saturated heterocycles. The first-order valence-electron chi connectivity index (χ1n) is 9.27. The summed E-state index contributed by atoms with van der Waals surface area (Å²) in [6.45, 7) is 3.06. The van der Waals surface area contributed by atoms with Gasteiger partial charge in [-0.25, -0.2) is 4.39 Å². The number of anilines is 2. The third-order valence-electron chi connectivity index (χ3n) is 5.33. The van der Waals surface area contributed by atoms with Gasteiger partial charge in [-0.2, -0.15) is 0 Å². The maximum Gasteiger partial charge on any atom is 0.228 e. The zero-order chi connectivity index (χ0) is 18.8. The number of carbonyl (C=O) groups excluding carboxylic acids is 2. The number of halogens is 1. The molecule has 2 amide bonds. The number of rotatable bonds is 3. The molecular weight excluding hydrogens is 345 g/mol. The lowest BCUT2D eigenvalue weighted by atomic mass is 10.1. The van der Waals surface area contributed by atoms with E-state index in [4.69, 9.17) is 0 Å². The van der Waals surface area contributed by atoms with Crippen LogP contribution in [0.2, 0.25) is 0 Å². The third kappa shape index (κ3) is 3.52. The van der Waals surface area contributed by atoms with Crippen LogP contribution in [0.4, 0.5) is 15.8 Å². The summed E-state index contributed by atoms with van der Waals surface area (Å²) in [7, 11) is 0. The summed E-state index contributed by atoms with van der Waals surface area (Å²) >= 11 is 0. The van der Waals surface area contributed by atoms with Crippen LogP contribution in [0.25, 0.3) is 0 Å². The van der Waals surface area contributed by atoms with Crippen LogP contribution in [0.1, 0.15) is 6.42 Å². The van der Waals surface area contributed by atoms with Crippen LogP contribution >= 0.6 is 0 Å². The minimum atomic E-state index is -0.435. The summed E-state index contributed by atoms with van der Waals surface area (Å²) in [5, 5.41) is 0. The second-order valence-corrected chi connectivity index (χ2v) is 7.00. The van der Waals surface area contributed by atoms with E-state index in [2.05, 4.69) is 17.0 Å². The van der Waals surface area contributed by atoms with Crippen molar-refractivity contribution < 1.29 is 14.0 Å². The first kappa shape index (κ1) is 17.5. The first-order valence-corrected chi connectivity index (χ1v) is 9.27. The fraction of sp³-hybridized carbons (Fsp3) is 0.333. The minimum Gasteiger partial charge on any atom is -0.368 e. The summed E-state index contributed by atoms with van der Waals surface area (Å²) in [4.78, 5) is 30.7. The van der Waals surface area contributed by atoms with Gasteiger partial charge in [-0.3, -0.25) is 9.59 Å². The Kier molecular flexibility index (Phi) is 4.79. The molecule has 2 aromatic rings. The highest BCUT2D eigenvalue weighted by Crippen LogP contribution is 2.28. The summed E-state index contributed by atoms with van der Waals surface area (Å²) < 4.78 is 14.0. The largest absolute Gasteiger partial charge is 0.368 e. The van der Waals surface area contributed by atoms with Crippen molar-refractivity contribution >= 4 is 23.2 Å². The Morgan fingerprint density at radius 1 is 0.926 bits per heavy atom. The van der Waals surface area contributed by atoms with Crippen LogP contribution in [0.3, 0.4) is 0 Å². The van der Waals surface area contributed by atoms with Crippen LogP contribution < -0.4 is 9.80 Å². The van der Waals surface area contributed by atoms with E-state index < -0.39 is 11.7 Å². The Balaban J connectivity index is 1.38. The second kappa shape index (κ2) is 7.39. The molecule has 0 aliphatic carbocycles. The molecule has 0 radical (unpaired) electrons. The molecule has 0 saturated carbocycles. The van der Waals surface area contributed by atoms with E-state index in [1.807, 2.05) is 23.1 Å². The number of hydrogen-bond donors (Lipinski definition) is 0. The van der Waals surface area contributed by atoms with Crippen molar-refractivity contribution in [3.8, 4) is 0 Å². The minimum absolute atomic E-state index is 0.00472. The molecule has 2 aromatic carbocycles. The number of benzene rings is 2. The molecule has 0 bridgehead atoms. The number of amides is 2. The van der Waals surface area contributed by atoms with Crippen LogP contribution in [0, 0.1) is 11.7 Å². The van der Waals surface area contributed by atoms with Gasteiger partial charge in [0.15, 0.2) is 0 Å². The molecule has 0 N–H and O–H groups in total. The van der Waals surface area contributed by atoms with Crippen molar-refractivity contribution in [2.24, 2.45) is 5.92 Å². The van der Waals surface area contributed by atoms with Gasteiger partial charge < -0.3 is 14.7 Å². The van der Waals surface area contributed by atoms with E-state index >= 15 is 0 Å². The maximum absolute atomic E-state index is 14.0. The van der Waals surface area contributed by atoms with Gasteiger partial charge in [-0.05, 0) is 24.3 Å². The van der Waals surface area contributed by atoms with Gasteiger partial charge in [0.2, 0.25) is 11.8 Å². The molecule has 0 unspecified atom stereocenters. The van der Waals surface area contributed by atoms with Gasteiger partial charge in [-0.1, -0.05) is 30.3 Å². The zero-order valence-corrected chi connectivity index (χ0v) is 15.1. The van der Waals surface area contributed by atoms with Crippen molar-refractivity contribution in [2.45, 2.75) is 6.42 Å². The number of carbonyl (C=O) groups is 2. The monoisotopic (exact) mass is 367 g/mol. The first-order chi connectivity index (χ1) is 13.1. The Morgan fingerprint density at radius 2 is 1.59 bits per heavy atom. The van der Waals surface area contributed by atoms with Crippen LogP contribution in [-0.2, 0) is 9.59 Å². The Morgan fingerprint density at radius 3 is 2.30 bits per heavy atom. The average Bonchev–Trinajstić information content (AvgIpc) is 3.10. The molecule has 6 heteroatoms. The van der Waals surface area contributed by atoms with E-state index in [0.717, 1.165) is 18.8 Å². The van der Waals surface area contributed by atoms with Crippen LogP contribution in [0.15, 0.2) is 54.6 Å². The average molecular weight is 367 g/mol. The lowest BCUT2D eigenvalue weighted by molar-refractivity contribution is -0.136. The second-order valence-electron chi connectivity index (χ2n) is 7.00. The van der Waals surface area contributed by atoms with Gasteiger partial charge in [0.25, 0.3) is 0 Å². The standard InChI is InChI=1S/C21H22FN3O2/c22-18-8-4-5-9-19(18)25-15-16(14-20(25)26)21(27)24-12-10-23(11-13-24)17-6-2-1-3-7-17/h1-9,16H,10-15H2/t16-/m0/s1. The lowest BCUT2D eigenvalue weighted by Crippen LogP contribution is -2.50. The van der Waals surface area contributed by atoms with Crippen molar-refractivity contribution in [3.63, 3.8) is 0 Å². The summed E-state index contributed by atoms with van der Waals surface area (Å²) in [5.41, 5.74) is 1.41. The van der Waals surface area contributed by atoms with Crippen molar-refractivity contribution in [1.29, 1.82) is 0 Å². The molecule has 2 fully saturated rings. The van der Waals surface area contributed by atoms with E-state index in [9.17, 15) is 14.0 Å². The van der Waals surface area contributed by atoms with E-state index in [-0.39, 0.29) is 30.5 Å². The van der Waals surface area contributed by atoms with Crippen LogP contribution in [-0.4, -0.2) is 49.4 Å². The molecule has 1 atom stereocenters. The summed E-state index contributed by atoms with van der Waals surface area (Å²) in [6.07, 6.45) is 0.145. The lowest BCUT2D eigenvalue weighted by Gasteiger charge is -2.37. The molecule has 4 rings (SSSR count). The molecule has 2 aliphatic rings. The predicted octanol–water partition coefficient (Wildman–Crippen LogP) is 2.53. The highest BCUT2D eigenvalue weighted by atomic mass is 19.1. The zero-order valence-electron chi connectivity index (χ0n) is 15.1. The molecule has 0 spiro atoms.